The normalized spacial score (nSPS) is 17.4. The molecule has 1 atom stereocenters. The maximum atomic E-state index is 13.0. The summed E-state index contributed by atoms with van der Waals surface area (Å²) in [6.07, 6.45) is 1.59. The second-order valence-electron chi connectivity index (χ2n) is 5.64. The van der Waals surface area contributed by atoms with E-state index in [0.717, 1.165) is 36.1 Å². The number of allylic oxidation sites excluding steroid dienone is 2. The Morgan fingerprint density at radius 2 is 1.83 bits per heavy atom. The summed E-state index contributed by atoms with van der Waals surface area (Å²) in [4.78, 5) is 0. The first-order valence-corrected chi connectivity index (χ1v) is 7.58. The molecule has 3 rings (SSSR count). The average Bonchev–Trinajstić information content (AvgIpc) is 3.07. The Labute approximate surface area is 133 Å². The Balaban J connectivity index is 1.88. The lowest BCUT2D eigenvalue weighted by Gasteiger charge is -2.18. The first-order valence-electron chi connectivity index (χ1n) is 7.58. The van der Waals surface area contributed by atoms with Gasteiger partial charge in [0.05, 0.1) is 5.56 Å². The molecule has 0 aliphatic heterocycles. The third-order valence-corrected chi connectivity index (χ3v) is 3.99. The van der Waals surface area contributed by atoms with E-state index in [1.807, 2.05) is 36.4 Å². The summed E-state index contributed by atoms with van der Waals surface area (Å²) in [5.74, 6) is 0.447. The predicted octanol–water partition coefficient (Wildman–Crippen LogP) is 5.72. The zero-order chi connectivity index (χ0) is 16.3. The molecular formula is C19H17F3O. The van der Waals surface area contributed by atoms with Crippen LogP contribution in [0.15, 0.2) is 60.7 Å². The molecule has 0 spiro atoms. The van der Waals surface area contributed by atoms with Crippen LogP contribution in [-0.2, 0) is 12.8 Å². The lowest BCUT2D eigenvalue weighted by atomic mass is 9.96. The Bertz CT molecular complexity index is 690. The molecule has 0 N–H and O–H groups in total. The van der Waals surface area contributed by atoms with Crippen LogP contribution >= 0.6 is 0 Å². The van der Waals surface area contributed by atoms with Gasteiger partial charge in [-0.1, -0.05) is 48.6 Å². The molecule has 1 aliphatic carbocycles. The number of alkyl halides is 3. The molecular weight excluding hydrogens is 301 g/mol. The summed E-state index contributed by atoms with van der Waals surface area (Å²) in [5.41, 5.74) is 1.08. The van der Waals surface area contributed by atoms with Crippen molar-refractivity contribution in [1.29, 1.82) is 0 Å². The van der Waals surface area contributed by atoms with Gasteiger partial charge in [0.15, 0.2) is 0 Å². The highest BCUT2D eigenvalue weighted by Gasteiger charge is 2.32. The van der Waals surface area contributed by atoms with Crippen molar-refractivity contribution in [3.05, 3.63) is 77.4 Å². The number of hydrogen-bond donors (Lipinski definition) is 0. The highest BCUT2D eigenvalue weighted by molar-refractivity contribution is 5.43. The molecule has 2 aromatic carbocycles. The van der Waals surface area contributed by atoms with Crippen molar-refractivity contribution in [2.75, 3.05) is 0 Å². The van der Waals surface area contributed by atoms with Gasteiger partial charge >= 0.3 is 6.18 Å². The van der Waals surface area contributed by atoms with E-state index >= 15 is 0 Å². The van der Waals surface area contributed by atoms with E-state index in [4.69, 9.17) is 4.74 Å². The quantitative estimate of drug-likeness (QED) is 0.655. The fraction of sp³-hybridized carbons (Fsp3) is 0.263. The maximum Gasteiger partial charge on any atom is 0.416 e. The van der Waals surface area contributed by atoms with Gasteiger partial charge in [0, 0.05) is 11.5 Å². The fourth-order valence-corrected chi connectivity index (χ4v) is 2.77. The van der Waals surface area contributed by atoms with Gasteiger partial charge in [-0.25, -0.2) is 0 Å². The zero-order valence-electron chi connectivity index (χ0n) is 12.5. The Morgan fingerprint density at radius 3 is 2.48 bits per heavy atom. The SMILES string of the molecule is FC(F)(F)c1ccc(C2C=CCC2)c(OCc2ccccc2)c1. The number of rotatable bonds is 4. The molecule has 120 valence electrons. The molecule has 2 aromatic rings. The molecule has 0 amide bonds. The van der Waals surface area contributed by atoms with Crippen molar-refractivity contribution in [3.8, 4) is 5.75 Å². The fourth-order valence-electron chi connectivity index (χ4n) is 2.77. The van der Waals surface area contributed by atoms with Crippen molar-refractivity contribution in [3.63, 3.8) is 0 Å². The van der Waals surface area contributed by atoms with Gasteiger partial charge in [-0.2, -0.15) is 13.2 Å². The molecule has 0 bridgehead atoms. The summed E-state index contributed by atoms with van der Waals surface area (Å²) in [6, 6.07) is 13.2. The van der Waals surface area contributed by atoms with Crippen LogP contribution in [0.1, 0.15) is 35.4 Å². The summed E-state index contributed by atoms with van der Waals surface area (Å²) >= 11 is 0. The van der Waals surface area contributed by atoms with Gasteiger partial charge in [-0.05, 0) is 30.5 Å². The average molecular weight is 318 g/mol. The van der Waals surface area contributed by atoms with Crippen molar-refractivity contribution in [1.82, 2.24) is 0 Å². The van der Waals surface area contributed by atoms with Crippen LogP contribution in [0.2, 0.25) is 0 Å². The minimum Gasteiger partial charge on any atom is -0.489 e. The van der Waals surface area contributed by atoms with Crippen molar-refractivity contribution >= 4 is 0 Å². The highest BCUT2D eigenvalue weighted by atomic mass is 19.4. The van der Waals surface area contributed by atoms with Gasteiger partial charge in [0.1, 0.15) is 12.4 Å². The summed E-state index contributed by atoms with van der Waals surface area (Å²) < 4.78 is 44.6. The third kappa shape index (κ3) is 3.76. The smallest absolute Gasteiger partial charge is 0.416 e. The molecule has 23 heavy (non-hydrogen) atoms. The van der Waals surface area contributed by atoms with Gasteiger partial charge in [0.25, 0.3) is 0 Å². The standard InChI is InChI=1S/C19H17F3O/c20-19(21,22)16-10-11-17(15-8-4-5-9-15)18(12-16)23-13-14-6-2-1-3-7-14/h1-4,6-8,10-12,15H,5,9,13H2. The molecule has 4 heteroatoms. The first kappa shape index (κ1) is 15.7. The second-order valence-corrected chi connectivity index (χ2v) is 5.64. The Kier molecular flexibility index (Phi) is 4.42. The maximum absolute atomic E-state index is 13.0. The van der Waals surface area contributed by atoms with Crippen molar-refractivity contribution in [2.24, 2.45) is 0 Å². The van der Waals surface area contributed by atoms with Crippen LogP contribution in [0.25, 0.3) is 0 Å². The molecule has 1 nitrogen and oxygen atoms in total. The van der Waals surface area contributed by atoms with Gasteiger partial charge < -0.3 is 4.74 Å². The van der Waals surface area contributed by atoms with Crippen LogP contribution < -0.4 is 4.74 Å². The zero-order valence-corrected chi connectivity index (χ0v) is 12.5. The van der Waals surface area contributed by atoms with E-state index < -0.39 is 11.7 Å². The molecule has 1 unspecified atom stereocenters. The summed E-state index contributed by atoms with van der Waals surface area (Å²) in [7, 11) is 0. The van der Waals surface area contributed by atoms with Crippen molar-refractivity contribution in [2.45, 2.75) is 31.5 Å². The molecule has 0 aromatic heterocycles. The van der Waals surface area contributed by atoms with Crippen LogP contribution in [0.4, 0.5) is 13.2 Å². The largest absolute Gasteiger partial charge is 0.489 e. The molecule has 0 radical (unpaired) electrons. The van der Waals surface area contributed by atoms with Crippen LogP contribution in [0.5, 0.6) is 5.75 Å². The van der Waals surface area contributed by atoms with Crippen LogP contribution in [-0.4, -0.2) is 0 Å². The van der Waals surface area contributed by atoms with Crippen LogP contribution in [0, 0.1) is 0 Å². The van der Waals surface area contributed by atoms with Gasteiger partial charge in [-0.3, -0.25) is 0 Å². The molecule has 0 saturated heterocycles. The topological polar surface area (TPSA) is 9.23 Å². The van der Waals surface area contributed by atoms with Crippen molar-refractivity contribution < 1.29 is 17.9 Å². The molecule has 0 saturated carbocycles. The minimum absolute atomic E-state index is 0.128. The van der Waals surface area contributed by atoms with E-state index in [-0.39, 0.29) is 12.5 Å². The number of benzene rings is 2. The van der Waals surface area contributed by atoms with Gasteiger partial charge in [-0.15, -0.1) is 0 Å². The third-order valence-electron chi connectivity index (χ3n) is 3.99. The molecule has 1 aliphatic rings. The monoisotopic (exact) mass is 318 g/mol. The molecule has 0 heterocycles. The first-order chi connectivity index (χ1) is 11.0. The number of ether oxygens (including phenoxy) is 1. The van der Waals surface area contributed by atoms with E-state index in [0.29, 0.717) is 5.75 Å². The minimum atomic E-state index is -4.37. The number of halogens is 3. The predicted molar refractivity (Wildman–Crippen MR) is 83.3 cm³/mol. The summed E-state index contributed by atoms with van der Waals surface area (Å²) in [6.45, 7) is 0.256. The Hall–Kier alpha value is -2.23. The van der Waals surface area contributed by atoms with E-state index in [1.165, 1.54) is 0 Å². The van der Waals surface area contributed by atoms with E-state index in [1.54, 1.807) is 6.07 Å². The second kappa shape index (κ2) is 6.49. The lowest BCUT2D eigenvalue weighted by molar-refractivity contribution is -0.137. The summed E-state index contributed by atoms with van der Waals surface area (Å²) in [5, 5.41) is 0. The Morgan fingerprint density at radius 1 is 1.04 bits per heavy atom. The number of hydrogen-bond acceptors (Lipinski definition) is 1. The molecule has 0 fully saturated rings. The van der Waals surface area contributed by atoms with E-state index in [9.17, 15) is 13.2 Å². The van der Waals surface area contributed by atoms with Gasteiger partial charge in [0.2, 0.25) is 0 Å². The highest BCUT2D eigenvalue weighted by Crippen LogP contribution is 2.39. The van der Waals surface area contributed by atoms with E-state index in [2.05, 4.69) is 6.08 Å². The lowest BCUT2D eigenvalue weighted by Crippen LogP contribution is -2.08. The van der Waals surface area contributed by atoms with Crippen LogP contribution in [0.3, 0.4) is 0 Å².